The number of aryl methyl sites for hydroxylation is 1. The highest BCUT2D eigenvalue weighted by Crippen LogP contribution is 2.22. The van der Waals surface area contributed by atoms with Crippen LogP contribution in [-0.2, 0) is 13.1 Å². The number of nitrogens with two attached hydrogens (primary N) is 1. The molecule has 0 aliphatic rings. The van der Waals surface area contributed by atoms with Crippen molar-refractivity contribution in [3.8, 4) is 16.9 Å². The van der Waals surface area contributed by atoms with Gasteiger partial charge in [-0.15, -0.1) is 0 Å². The fourth-order valence-electron chi connectivity index (χ4n) is 2.22. The van der Waals surface area contributed by atoms with Crippen molar-refractivity contribution in [2.75, 3.05) is 0 Å². The SMILES string of the molecule is CCn1cc(-c2cncn2-c2cccc(CN)c2)cn1. The second-order valence-corrected chi connectivity index (χ2v) is 4.61. The molecule has 0 atom stereocenters. The molecule has 0 amide bonds. The van der Waals surface area contributed by atoms with Crippen molar-refractivity contribution in [3.05, 3.63) is 54.7 Å². The number of nitrogens with zero attached hydrogens (tertiary/aromatic N) is 4. The van der Waals surface area contributed by atoms with Gasteiger partial charge in [-0.2, -0.15) is 5.10 Å². The van der Waals surface area contributed by atoms with Gasteiger partial charge < -0.3 is 5.73 Å². The van der Waals surface area contributed by atoms with E-state index in [4.69, 9.17) is 5.73 Å². The average molecular weight is 267 g/mol. The van der Waals surface area contributed by atoms with E-state index in [1.807, 2.05) is 41.7 Å². The number of benzene rings is 1. The number of rotatable bonds is 4. The molecule has 0 radical (unpaired) electrons. The minimum Gasteiger partial charge on any atom is -0.326 e. The lowest BCUT2D eigenvalue weighted by molar-refractivity contribution is 0.660. The molecule has 5 heteroatoms. The van der Waals surface area contributed by atoms with E-state index in [1.54, 1.807) is 0 Å². The number of imidazole rings is 1. The third kappa shape index (κ3) is 2.23. The molecule has 2 aromatic heterocycles. The lowest BCUT2D eigenvalue weighted by Crippen LogP contribution is -1.99. The van der Waals surface area contributed by atoms with Gasteiger partial charge in [0.2, 0.25) is 0 Å². The molecule has 3 aromatic rings. The first kappa shape index (κ1) is 12.6. The van der Waals surface area contributed by atoms with Crippen LogP contribution < -0.4 is 5.73 Å². The van der Waals surface area contributed by atoms with Crippen LogP contribution in [0.25, 0.3) is 16.9 Å². The molecule has 0 spiro atoms. The lowest BCUT2D eigenvalue weighted by Gasteiger charge is -2.08. The number of hydrogen-bond acceptors (Lipinski definition) is 3. The van der Waals surface area contributed by atoms with Gasteiger partial charge in [-0.3, -0.25) is 9.25 Å². The van der Waals surface area contributed by atoms with Gasteiger partial charge >= 0.3 is 0 Å². The Morgan fingerprint density at radius 1 is 1.25 bits per heavy atom. The summed E-state index contributed by atoms with van der Waals surface area (Å²) in [5, 5.41) is 4.31. The summed E-state index contributed by atoms with van der Waals surface area (Å²) in [7, 11) is 0. The van der Waals surface area contributed by atoms with Crippen LogP contribution in [0.4, 0.5) is 0 Å². The predicted octanol–water partition coefficient (Wildman–Crippen LogP) is 2.21. The van der Waals surface area contributed by atoms with E-state index >= 15 is 0 Å². The van der Waals surface area contributed by atoms with E-state index in [1.165, 1.54) is 0 Å². The van der Waals surface area contributed by atoms with Crippen LogP contribution >= 0.6 is 0 Å². The minimum atomic E-state index is 0.533. The Kier molecular flexibility index (Phi) is 3.35. The van der Waals surface area contributed by atoms with E-state index in [9.17, 15) is 0 Å². The Morgan fingerprint density at radius 3 is 2.90 bits per heavy atom. The van der Waals surface area contributed by atoms with Gasteiger partial charge in [0.25, 0.3) is 0 Å². The predicted molar refractivity (Wildman–Crippen MR) is 78.4 cm³/mol. The maximum atomic E-state index is 5.70. The largest absolute Gasteiger partial charge is 0.326 e. The van der Waals surface area contributed by atoms with E-state index < -0.39 is 0 Å². The second kappa shape index (κ2) is 5.30. The highest BCUT2D eigenvalue weighted by molar-refractivity contribution is 5.60. The quantitative estimate of drug-likeness (QED) is 0.788. The summed E-state index contributed by atoms with van der Waals surface area (Å²) in [5.74, 6) is 0. The maximum Gasteiger partial charge on any atom is 0.0997 e. The first-order valence-corrected chi connectivity index (χ1v) is 6.66. The van der Waals surface area contributed by atoms with Gasteiger partial charge in [0, 0.05) is 30.5 Å². The van der Waals surface area contributed by atoms with Crippen molar-refractivity contribution >= 4 is 0 Å². The van der Waals surface area contributed by atoms with Gasteiger partial charge in [0.1, 0.15) is 0 Å². The molecule has 0 saturated heterocycles. The Morgan fingerprint density at radius 2 is 2.15 bits per heavy atom. The molecule has 1 aromatic carbocycles. The zero-order valence-electron chi connectivity index (χ0n) is 11.4. The highest BCUT2D eigenvalue weighted by atomic mass is 15.3. The Balaban J connectivity index is 2.05. The van der Waals surface area contributed by atoms with Gasteiger partial charge in [-0.1, -0.05) is 12.1 Å². The van der Waals surface area contributed by atoms with E-state index in [2.05, 4.69) is 33.7 Å². The topological polar surface area (TPSA) is 61.7 Å². The molecule has 2 N–H and O–H groups in total. The van der Waals surface area contributed by atoms with Crippen molar-refractivity contribution < 1.29 is 0 Å². The number of aromatic nitrogens is 4. The summed E-state index contributed by atoms with van der Waals surface area (Å²) in [6, 6.07) is 8.16. The molecule has 3 rings (SSSR count). The van der Waals surface area contributed by atoms with Crippen LogP contribution in [0, 0.1) is 0 Å². The van der Waals surface area contributed by atoms with Crippen LogP contribution in [0.5, 0.6) is 0 Å². The first-order chi connectivity index (χ1) is 9.81. The zero-order valence-corrected chi connectivity index (χ0v) is 11.4. The molecule has 20 heavy (non-hydrogen) atoms. The summed E-state index contributed by atoms with van der Waals surface area (Å²) in [6.07, 6.45) is 7.56. The van der Waals surface area contributed by atoms with Crippen LogP contribution in [0.15, 0.2) is 49.2 Å². The van der Waals surface area contributed by atoms with Crippen molar-refractivity contribution in [2.24, 2.45) is 5.73 Å². The monoisotopic (exact) mass is 267 g/mol. The molecule has 0 aliphatic heterocycles. The lowest BCUT2D eigenvalue weighted by atomic mass is 10.2. The fourth-order valence-corrected chi connectivity index (χ4v) is 2.22. The summed E-state index contributed by atoms with van der Waals surface area (Å²) < 4.78 is 3.96. The van der Waals surface area contributed by atoms with Crippen LogP contribution in [0.2, 0.25) is 0 Å². The van der Waals surface area contributed by atoms with Crippen LogP contribution in [-0.4, -0.2) is 19.3 Å². The van der Waals surface area contributed by atoms with Crippen molar-refractivity contribution in [3.63, 3.8) is 0 Å². The third-order valence-electron chi connectivity index (χ3n) is 3.32. The van der Waals surface area contributed by atoms with Gasteiger partial charge in [-0.05, 0) is 24.6 Å². The summed E-state index contributed by atoms with van der Waals surface area (Å²) in [5.41, 5.74) is 9.95. The highest BCUT2D eigenvalue weighted by Gasteiger charge is 2.09. The smallest absolute Gasteiger partial charge is 0.0997 e. The van der Waals surface area contributed by atoms with Gasteiger partial charge in [0.15, 0.2) is 0 Å². The molecule has 0 bridgehead atoms. The van der Waals surface area contributed by atoms with E-state index in [0.29, 0.717) is 6.54 Å². The molecule has 0 fully saturated rings. The molecule has 0 saturated carbocycles. The molecule has 0 unspecified atom stereocenters. The van der Waals surface area contributed by atoms with Crippen molar-refractivity contribution in [2.45, 2.75) is 20.0 Å². The average Bonchev–Trinajstić information content (AvgIpc) is 3.15. The van der Waals surface area contributed by atoms with E-state index in [0.717, 1.165) is 29.1 Å². The first-order valence-electron chi connectivity index (χ1n) is 6.66. The molecule has 0 aliphatic carbocycles. The van der Waals surface area contributed by atoms with Crippen LogP contribution in [0.3, 0.4) is 0 Å². The summed E-state index contributed by atoms with van der Waals surface area (Å²) in [4.78, 5) is 4.26. The van der Waals surface area contributed by atoms with Crippen molar-refractivity contribution in [1.82, 2.24) is 19.3 Å². The zero-order chi connectivity index (χ0) is 13.9. The molecule has 102 valence electrons. The van der Waals surface area contributed by atoms with E-state index in [-0.39, 0.29) is 0 Å². The van der Waals surface area contributed by atoms with Crippen molar-refractivity contribution in [1.29, 1.82) is 0 Å². The molecule has 5 nitrogen and oxygen atoms in total. The Hall–Kier alpha value is -2.40. The molecular formula is C15H17N5. The van der Waals surface area contributed by atoms with Crippen LogP contribution in [0.1, 0.15) is 12.5 Å². The third-order valence-corrected chi connectivity index (χ3v) is 3.32. The second-order valence-electron chi connectivity index (χ2n) is 4.61. The normalized spacial score (nSPS) is 10.9. The van der Waals surface area contributed by atoms with Gasteiger partial charge in [0.05, 0.1) is 24.4 Å². The molecular weight excluding hydrogens is 250 g/mol. The fraction of sp³-hybridized carbons (Fsp3) is 0.200. The van der Waals surface area contributed by atoms with Gasteiger partial charge in [-0.25, -0.2) is 4.98 Å². The minimum absolute atomic E-state index is 0.533. The summed E-state index contributed by atoms with van der Waals surface area (Å²) >= 11 is 0. The Bertz CT molecular complexity index is 710. The Labute approximate surface area is 117 Å². The molecule has 2 heterocycles. The summed E-state index contributed by atoms with van der Waals surface area (Å²) in [6.45, 7) is 3.46. The number of hydrogen-bond donors (Lipinski definition) is 1. The standard InChI is InChI=1S/C15H17N5/c1-2-19-10-13(8-18-19)15-9-17-11-20(15)14-5-3-4-12(6-14)7-16/h3-6,8-11H,2,7,16H2,1H3. The maximum absolute atomic E-state index is 5.70.